The van der Waals surface area contributed by atoms with Crippen LogP contribution >= 0.6 is 0 Å². The number of hydrogen-bond donors (Lipinski definition) is 3. The van der Waals surface area contributed by atoms with Crippen LogP contribution in [0.3, 0.4) is 0 Å². The molecule has 4 N–H and O–H groups in total. The van der Waals surface area contributed by atoms with E-state index in [1.54, 1.807) is 0 Å². The van der Waals surface area contributed by atoms with Crippen molar-refractivity contribution in [3.63, 3.8) is 0 Å². The highest BCUT2D eigenvalue weighted by molar-refractivity contribution is 5.93. The molecule has 0 aliphatic rings. The molecule has 1 aromatic rings. The average molecular weight is 252 g/mol. The number of carboxylic acid groups (broad SMARTS) is 1. The number of pyridine rings is 1. The summed E-state index contributed by atoms with van der Waals surface area (Å²) in [6.45, 7) is -0.407. The minimum atomic E-state index is -5.13. The molecule has 0 spiro atoms. The molecule has 0 amide bonds. The number of nitrogens with zero attached hydrogens (tertiary/aromatic N) is 1. The zero-order valence-electron chi connectivity index (χ0n) is 8.15. The second-order valence-electron chi connectivity index (χ2n) is 2.85. The number of ether oxygens (including phenoxy) is 1. The van der Waals surface area contributed by atoms with Gasteiger partial charge in [-0.1, -0.05) is 0 Å². The van der Waals surface area contributed by atoms with Gasteiger partial charge in [0.15, 0.2) is 11.5 Å². The molecule has 6 nitrogen and oxygen atoms in total. The molecule has 0 unspecified atom stereocenters. The van der Waals surface area contributed by atoms with E-state index in [4.69, 9.17) is 15.9 Å². The van der Waals surface area contributed by atoms with Gasteiger partial charge in [-0.15, -0.1) is 13.2 Å². The number of rotatable bonds is 3. The van der Waals surface area contributed by atoms with Crippen LogP contribution in [0.15, 0.2) is 6.20 Å². The van der Waals surface area contributed by atoms with Crippen LogP contribution < -0.4 is 10.5 Å². The largest absolute Gasteiger partial charge is 0.573 e. The number of carboxylic acids is 1. The van der Waals surface area contributed by atoms with Crippen molar-refractivity contribution in [1.82, 2.24) is 4.98 Å². The van der Waals surface area contributed by atoms with Crippen LogP contribution in [-0.4, -0.2) is 27.5 Å². The Balaban J connectivity index is 3.39. The van der Waals surface area contributed by atoms with Crippen LogP contribution in [-0.2, 0) is 6.54 Å². The molecule has 1 aromatic heterocycles. The van der Waals surface area contributed by atoms with Crippen molar-refractivity contribution in [1.29, 1.82) is 0 Å². The number of aromatic hydroxyl groups is 1. The summed E-state index contributed by atoms with van der Waals surface area (Å²) in [5, 5.41) is 17.9. The van der Waals surface area contributed by atoms with E-state index in [0.29, 0.717) is 6.20 Å². The predicted octanol–water partition coefficient (Wildman–Crippen LogP) is 0.843. The van der Waals surface area contributed by atoms with Crippen LogP contribution in [0.5, 0.6) is 11.5 Å². The summed E-state index contributed by atoms with van der Waals surface area (Å²) in [5.41, 5.74) is 3.89. The third kappa shape index (κ3) is 2.97. The van der Waals surface area contributed by atoms with E-state index in [-0.39, 0.29) is 5.69 Å². The van der Waals surface area contributed by atoms with Crippen LogP contribution in [0, 0.1) is 0 Å². The standard InChI is InChI=1S/C8H7F3N2O4/c9-8(10,11)17-6-4(14)2-13-3(1-12)5(6)7(15)16/h2,14H,1,12H2,(H,15,16). The number of nitrogens with two attached hydrogens (primary N) is 1. The molecule has 1 heterocycles. The molecular formula is C8H7F3N2O4. The molecule has 0 aromatic carbocycles. The van der Waals surface area contributed by atoms with Gasteiger partial charge in [-0.25, -0.2) is 4.79 Å². The van der Waals surface area contributed by atoms with Crippen molar-refractivity contribution in [2.75, 3.05) is 0 Å². The Hall–Kier alpha value is -2.03. The molecule has 0 fully saturated rings. The number of alkyl halides is 3. The lowest BCUT2D eigenvalue weighted by Gasteiger charge is -2.14. The summed E-state index contributed by atoms with van der Waals surface area (Å²) in [6.07, 6.45) is -4.50. The average Bonchev–Trinajstić information content (AvgIpc) is 2.18. The van der Waals surface area contributed by atoms with Crippen molar-refractivity contribution in [2.24, 2.45) is 5.73 Å². The number of carbonyl (C=O) groups is 1. The summed E-state index contributed by atoms with van der Waals surface area (Å²) in [4.78, 5) is 14.2. The van der Waals surface area contributed by atoms with Crippen molar-refractivity contribution in [3.8, 4) is 11.5 Å². The van der Waals surface area contributed by atoms with E-state index in [9.17, 15) is 18.0 Å². The molecule has 17 heavy (non-hydrogen) atoms. The zero-order chi connectivity index (χ0) is 13.2. The predicted molar refractivity (Wildman–Crippen MR) is 47.4 cm³/mol. The van der Waals surface area contributed by atoms with Gasteiger partial charge in [0.25, 0.3) is 0 Å². The van der Waals surface area contributed by atoms with E-state index in [1.807, 2.05) is 0 Å². The highest BCUT2D eigenvalue weighted by Crippen LogP contribution is 2.35. The van der Waals surface area contributed by atoms with Crippen LogP contribution in [0.1, 0.15) is 16.1 Å². The van der Waals surface area contributed by atoms with Crippen molar-refractivity contribution in [3.05, 3.63) is 17.5 Å². The van der Waals surface area contributed by atoms with Gasteiger partial charge in [0.1, 0.15) is 5.56 Å². The second kappa shape index (κ2) is 4.45. The van der Waals surface area contributed by atoms with Crippen molar-refractivity contribution in [2.45, 2.75) is 12.9 Å². The van der Waals surface area contributed by atoms with Crippen molar-refractivity contribution < 1.29 is 32.9 Å². The topological polar surface area (TPSA) is 106 Å². The molecule has 0 bridgehead atoms. The second-order valence-corrected chi connectivity index (χ2v) is 2.85. The van der Waals surface area contributed by atoms with Gasteiger partial charge in [0, 0.05) is 6.54 Å². The Morgan fingerprint density at radius 2 is 2.12 bits per heavy atom. The van der Waals surface area contributed by atoms with Gasteiger partial charge < -0.3 is 20.7 Å². The number of hydrogen-bond acceptors (Lipinski definition) is 5. The fourth-order valence-corrected chi connectivity index (χ4v) is 1.12. The van der Waals surface area contributed by atoms with E-state index in [1.165, 1.54) is 0 Å². The third-order valence-corrected chi connectivity index (χ3v) is 1.72. The van der Waals surface area contributed by atoms with E-state index < -0.39 is 35.9 Å². The molecule has 0 aliphatic carbocycles. The lowest BCUT2D eigenvalue weighted by molar-refractivity contribution is -0.275. The molecule has 0 radical (unpaired) electrons. The summed E-state index contributed by atoms with van der Waals surface area (Å²) < 4.78 is 39.5. The van der Waals surface area contributed by atoms with Crippen LogP contribution in [0.2, 0.25) is 0 Å². The van der Waals surface area contributed by atoms with Gasteiger partial charge in [-0.3, -0.25) is 4.98 Å². The van der Waals surface area contributed by atoms with Gasteiger partial charge in [0.05, 0.1) is 11.9 Å². The first-order chi connectivity index (χ1) is 7.76. The lowest BCUT2D eigenvalue weighted by Crippen LogP contribution is -2.21. The normalized spacial score (nSPS) is 11.3. The minimum absolute atomic E-state index is 0.324. The molecule has 0 atom stereocenters. The minimum Gasteiger partial charge on any atom is -0.503 e. The first-order valence-electron chi connectivity index (χ1n) is 4.16. The summed E-state index contributed by atoms with van der Waals surface area (Å²) in [5.74, 6) is -3.98. The first kappa shape index (κ1) is 13.0. The maximum absolute atomic E-state index is 12.0. The Morgan fingerprint density at radius 3 is 2.53 bits per heavy atom. The van der Waals surface area contributed by atoms with Gasteiger partial charge in [0.2, 0.25) is 0 Å². The molecule has 0 saturated carbocycles. The van der Waals surface area contributed by atoms with Gasteiger partial charge >= 0.3 is 12.3 Å². The molecule has 1 rings (SSSR count). The van der Waals surface area contributed by atoms with E-state index >= 15 is 0 Å². The SMILES string of the molecule is NCc1ncc(O)c(OC(F)(F)F)c1C(=O)O. The fraction of sp³-hybridized carbons (Fsp3) is 0.250. The molecule has 0 saturated heterocycles. The number of aromatic nitrogens is 1. The summed E-state index contributed by atoms with van der Waals surface area (Å²) in [7, 11) is 0. The lowest BCUT2D eigenvalue weighted by atomic mass is 10.1. The fourth-order valence-electron chi connectivity index (χ4n) is 1.12. The van der Waals surface area contributed by atoms with Gasteiger partial charge in [-0.2, -0.15) is 0 Å². The monoisotopic (exact) mass is 252 g/mol. The van der Waals surface area contributed by atoms with E-state index in [0.717, 1.165) is 0 Å². The molecule has 9 heteroatoms. The molecular weight excluding hydrogens is 245 g/mol. The highest BCUT2D eigenvalue weighted by Gasteiger charge is 2.35. The summed E-state index contributed by atoms with van der Waals surface area (Å²) in [6, 6.07) is 0. The highest BCUT2D eigenvalue weighted by atomic mass is 19.4. The number of aromatic carboxylic acids is 1. The molecule has 0 aliphatic heterocycles. The first-order valence-corrected chi connectivity index (χ1v) is 4.16. The van der Waals surface area contributed by atoms with Crippen LogP contribution in [0.4, 0.5) is 13.2 Å². The smallest absolute Gasteiger partial charge is 0.503 e. The van der Waals surface area contributed by atoms with Crippen molar-refractivity contribution >= 4 is 5.97 Å². The molecule has 94 valence electrons. The Labute approximate surface area is 92.4 Å². The quantitative estimate of drug-likeness (QED) is 0.736. The summed E-state index contributed by atoms with van der Waals surface area (Å²) >= 11 is 0. The number of halogens is 3. The Bertz CT molecular complexity index is 447. The Morgan fingerprint density at radius 1 is 1.53 bits per heavy atom. The third-order valence-electron chi connectivity index (χ3n) is 1.72. The van der Waals surface area contributed by atoms with Crippen LogP contribution in [0.25, 0.3) is 0 Å². The van der Waals surface area contributed by atoms with E-state index in [2.05, 4.69) is 9.72 Å². The zero-order valence-corrected chi connectivity index (χ0v) is 8.15. The maximum atomic E-state index is 12.0. The Kier molecular flexibility index (Phi) is 3.42. The maximum Gasteiger partial charge on any atom is 0.573 e. The van der Waals surface area contributed by atoms with Gasteiger partial charge in [-0.05, 0) is 0 Å².